The highest BCUT2D eigenvalue weighted by molar-refractivity contribution is 6.30. The number of fused-ring (bicyclic) bond motifs is 2. The van der Waals surface area contributed by atoms with Gasteiger partial charge in [-0.2, -0.15) is 0 Å². The van der Waals surface area contributed by atoms with Crippen molar-refractivity contribution in [3.63, 3.8) is 0 Å². The number of aliphatic hydroxyl groups excluding tert-OH is 1. The molecule has 2 aromatic carbocycles. The van der Waals surface area contributed by atoms with Crippen LogP contribution in [0.4, 0.5) is 0 Å². The molecule has 1 N–H and O–H groups in total. The summed E-state index contributed by atoms with van der Waals surface area (Å²) in [5.41, 5.74) is 8.05. The van der Waals surface area contributed by atoms with Crippen molar-refractivity contribution in [2.24, 2.45) is 0 Å². The van der Waals surface area contributed by atoms with Crippen molar-refractivity contribution < 1.29 is 14.6 Å². The molecule has 3 fully saturated rings. The highest BCUT2D eigenvalue weighted by Gasteiger charge is 2.50. The van der Waals surface area contributed by atoms with Gasteiger partial charge in [-0.25, -0.2) is 0 Å². The van der Waals surface area contributed by atoms with E-state index in [-0.39, 0.29) is 23.7 Å². The van der Waals surface area contributed by atoms with Gasteiger partial charge in [-0.3, -0.25) is 8.80 Å². The van der Waals surface area contributed by atoms with E-state index in [4.69, 9.17) is 26.2 Å². The molecule has 10 heteroatoms. The Labute approximate surface area is 297 Å². The van der Waals surface area contributed by atoms with Gasteiger partial charge in [-0.05, 0) is 105 Å². The van der Waals surface area contributed by atoms with Gasteiger partial charge in [0.05, 0.1) is 24.0 Å². The van der Waals surface area contributed by atoms with Gasteiger partial charge in [0, 0.05) is 30.4 Å². The smallest absolute Gasteiger partial charge is 0.164 e. The lowest BCUT2D eigenvalue weighted by molar-refractivity contribution is -0.180. The normalized spacial score (nSPS) is 17.8. The Hall–Kier alpha value is -4.15. The zero-order valence-corrected chi connectivity index (χ0v) is 29.2. The zero-order chi connectivity index (χ0) is 34.1. The number of aliphatic hydroxyl groups is 1. The molecule has 9 rings (SSSR count). The van der Waals surface area contributed by atoms with Gasteiger partial charge in [0.2, 0.25) is 0 Å². The molecule has 1 aliphatic heterocycles. The van der Waals surface area contributed by atoms with Crippen molar-refractivity contribution in [2.75, 3.05) is 19.8 Å². The predicted octanol–water partition coefficient (Wildman–Crippen LogP) is 7.20. The standard InChI is InChI=1S/C22H25N3O2.C18H18ClN3O/c1-16-5-8-18(9-6-16)22(11-12-22)21-24-23-20-17(4-2-13-25(20)21)7-10-19-26-14-3-15-27-19;19-15-7-5-14(6-8-15)18(9-10-18)17-21-20-16-13(4-2-12-23)3-1-11-22(16)17/h2,4-6,8-9,13,19H,3,7,10-12,14-15H2,1H3;1,3,5-8,11,23H,2,4,9-10,12H2. The maximum Gasteiger partial charge on any atom is 0.164 e. The molecule has 6 aromatic rings. The van der Waals surface area contributed by atoms with Crippen LogP contribution in [-0.2, 0) is 33.1 Å². The second-order valence-corrected chi connectivity index (χ2v) is 14.4. The van der Waals surface area contributed by atoms with Crippen molar-refractivity contribution >= 4 is 22.9 Å². The SMILES string of the molecule is Cc1ccc(C2(c3nnc4c(CCC5OCCCO5)cccn34)CC2)cc1.OCCCc1cccn2c(C3(c4ccc(Cl)cc4)CC3)nnc12. The number of ether oxygens (including phenoxy) is 2. The monoisotopic (exact) mass is 690 g/mol. The van der Waals surface area contributed by atoms with Gasteiger partial charge in [-0.15, -0.1) is 20.4 Å². The Morgan fingerprint density at radius 3 is 1.76 bits per heavy atom. The quantitative estimate of drug-likeness (QED) is 0.162. The number of benzene rings is 2. The van der Waals surface area contributed by atoms with Gasteiger partial charge in [0.15, 0.2) is 17.6 Å². The van der Waals surface area contributed by atoms with Crippen molar-refractivity contribution in [1.29, 1.82) is 0 Å². The first kappa shape index (κ1) is 33.0. The average Bonchev–Trinajstić information content (AvgIpc) is 4.05. The summed E-state index contributed by atoms with van der Waals surface area (Å²) < 4.78 is 15.7. The molecule has 0 spiro atoms. The molecule has 0 unspecified atom stereocenters. The molecule has 2 aliphatic carbocycles. The van der Waals surface area contributed by atoms with Crippen molar-refractivity contribution in [3.05, 3.63) is 130 Å². The van der Waals surface area contributed by atoms with Crippen LogP contribution in [0.25, 0.3) is 11.3 Å². The molecule has 0 radical (unpaired) electrons. The average molecular weight is 691 g/mol. The predicted molar refractivity (Wildman–Crippen MR) is 193 cm³/mol. The van der Waals surface area contributed by atoms with Crippen molar-refractivity contribution in [1.82, 2.24) is 29.2 Å². The van der Waals surface area contributed by atoms with Gasteiger partial charge < -0.3 is 14.6 Å². The molecule has 2 saturated carbocycles. The van der Waals surface area contributed by atoms with Crippen LogP contribution < -0.4 is 0 Å². The third-order valence-electron chi connectivity index (χ3n) is 10.5. The van der Waals surface area contributed by atoms with Gasteiger partial charge in [0.25, 0.3) is 0 Å². The number of pyridine rings is 2. The molecule has 0 amide bonds. The lowest BCUT2D eigenvalue weighted by atomic mass is 9.94. The van der Waals surface area contributed by atoms with E-state index in [9.17, 15) is 0 Å². The third-order valence-corrected chi connectivity index (χ3v) is 10.8. The largest absolute Gasteiger partial charge is 0.396 e. The number of hydrogen-bond donors (Lipinski definition) is 1. The van der Waals surface area contributed by atoms with Gasteiger partial charge in [0.1, 0.15) is 11.6 Å². The summed E-state index contributed by atoms with van der Waals surface area (Å²) in [5, 5.41) is 28.0. The first-order chi connectivity index (χ1) is 24.5. The molecule has 4 aromatic heterocycles. The Kier molecular flexibility index (Phi) is 9.16. The van der Waals surface area contributed by atoms with Crippen LogP contribution >= 0.6 is 11.6 Å². The van der Waals surface area contributed by atoms with Crippen LogP contribution in [0.1, 0.15) is 84.4 Å². The fraction of sp³-hybridized carbons (Fsp3) is 0.400. The van der Waals surface area contributed by atoms with E-state index in [0.717, 1.165) is 105 Å². The zero-order valence-electron chi connectivity index (χ0n) is 28.5. The van der Waals surface area contributed by atoms with Crippen molar-refractivity contribution in [3.8, 4) is 0 Å². The summed E-state index contributed by atoms with van der Waals surface area (Å²) in [6.07, 6.45) is 12.7. The van der Waals surface area contributed by atoms with E-state index < -0.39 is 0 Å². The minimum absolute atomic E-state index is 0.0152. The van der Waals surface area contributed by atoms with Crippen LogP contribution in [0.2, 0.25) is 5.02 Å². The summed E-state index contributed by atoms with van der Waals surface area (Å²) in [6, 6.07) is 25.2. The Morgan fingerprint density at radius 2 is 1.24 bits per heavy atom. The highest BCUT2D eigenvalue weighted by Crippen LogP contribution is 2.53. The topological polar surface area (TPSA) is 99.1 Å². The highest BCUT2D eigenvalue weighted by atomic mass is 35.5. The molecule has 0 bridgehead atoms. The fourth-order valence-corrected chi connectivity index (χ4v) is 7.53. The molecule has 258 valence electrons. The van der Waals surface area contributed by atoms with Crippen LogP contribution in [0.3, 0.4) is 0 Å². The summed E-state index contributed by atoms with van der Waals surface area (Å²) in [4.78, 5) is 0. The molecule has 50 heavy (non-hydrogen) atoms. The molecule has 0 atom stereocenters. The maximum atomic E-state index is 9.06. The van der Waals surface area contributed by atoms with E-state index in [1.165, 1.54) is 22.3 Å². The number of rotatable bonds is 10. The second-order valence-electron chi connectivity index (χ2n) is 13.9. The minimum atomic E-state index is -0.0938. The van der Waals surface area contributed by atoms with E-state index in [2.05, 4.69) is 96.9 Å². The molecular weight excluding hydrogens is 648 g/mol. The van der Waals surface area contributed by atoms with E-state index >= 15 is 0 Å². The van der Waals surface area contributed by atoms with Crippen LogP contribution in [0, 0.1) is 6.92 Å². The van der Waals surface area contributed by atoms with Gasteiger partial charge >= 0.3 is 0 Å². The number of aryl methyl sites for hydroxylation is 3. The molecular formula is C40H43ClN6O3. The molecule has 3 aliphatic rings. The lowest BCUT2D eigenvalue weighted by Gasteiger charge is -2.23. The molecule has 9 nitrogen and oxygen atoms in total. The number of aromatic nitrogens is 6. The number of nitrogens with zero attached hydrogens (tertiary/aromatic N) is 6. The van der Waals surface area contributed by atoms with Crippen LogP contribution in [-0.4, -0.2) is 60.4 Å². The maximum absolute atomic E-state index is 9.06. The van der Waals surface area contributed by atoms with E-state index in [0.29, 0.717) is 0 Å². The summed E-state index contributed by atoms with van der Waals surface area (Å²) in [6.45, 7) is 3.91. The second kappa shape index (κ2) is 13.9. The van der Waals surface area contributed by atoms with Crippen molar-refractivity contribution in [2.45, 2.75) is 81.8 Å². The summed E-state index contributed by atoms with van der Waals surface area (Å²) in [5.74, 6) is 2.06. The third kappa shape index (κ3) is 6.32. The number of halogens is 1. The van der Waals surface area contributed by atoms with Crippen LogP contribution in [0.5, 0.6) is 0 Å². The van der Waals surface area contributed by atoms with E-state index in [1.54, 1.807) is 0 Å². The minimum Gasteiger partial charge on any atom is -0.396 e. The first-order valence-electron chi connectivity index (χ1n) is 17.8. The van der Waals surface area contributed by atoms with Gasteiger partial charge in [-0.1, -0.05) is 65.7 Å². The molecule has 1 saturated heterocycles. The number of hydrogen-bond acceptors (Lipinski definition) is 7. The van der Waals surface area contributed by atoms with E-state index in [1.807, 2.05) is 24.4 Å². The summed E-state index contributed by atoms with van der Waals surface area (Å²) >= 11 is 6.02. The first-order valence-corrected chi connectivity index (χ1v) is 18.2. The molecule has 5 heterocycles. The summed E-state index contributed by atoms with van der Waals surface area (Å²) in [7, 11) is 0. The lowest BCUT2D eigenvalue weighted by Crippen LogP contribution is -2.25. The Bertz CT molecular complexity index is 2080. The fourth-order valence-electron chi connectivity index (χ4n) is 7.41. The Balaban J connectivity index is 0.000000146. The Morgan fingerprint density at radius 1 is 0.720 bits per heavy atom. The van der Waals surface area contributed by atoms with Crippen LogP contribution in [0.15, 0.2) is 85.2 Å².